The Balaban J connectivity index is 2.53. The van der Waals surface area contributed by atoms with Crippen molar-refractivity contribution < 1.29 is 19.1 Å². The minimum absolute atomic E-state index is 0.0105. The summed E-state index contributed by atoms with van der Waals surface area (Å²) in [6.07, 6.45) is 0. The molecule has 2 amide bonds. The highest BCUT2D eigenvalue weighted by Gasteiger charge is 2.11. The van der Waals surface area contributed by atoms with E-state index in [2.05, 4.69) is 5.32 Å². The third-order valence-electron chi connectivity index (χ3n) is 3.33. The summed E-state index contributed by atoms with van der Waals surface area (Å²) < 4.78 is 10.8. The number of carbonyl (C=O) groups is 2. The Morgan fingerprint density at radius 3 is 2.46 bits per heavy atom. The van der Waals surface area contributed by atoms with E-state index < -0.39 is 0 Å². The van der Waals surface area contributed by atoms with Gasteiger partial charge in [-0.3, -0.25) is 14.5 Å². The van der Waals surface area contributed by atoms with Gasteiger partial charge in [0, 0.05) is 20.6 Å². The Morgan fingerprint density at radius 2 is 1.88 bits per heavy atom. The van der Waals surface area contributed by atoms with Crippen LogP contribution in [-0.2, 0) is 16.1 Å². The van der Waals surface area contributed by atoms with Gasteiger partial charge in [0.15, 0.2) is 11.5 Å². The number of hydrogen-bond acceptors (Lipinski definition) is 5. The van der Waals surface area contributed by atoms with Crippen molar-refractivity contribution >= 4 is 11.8 Å². The molecule has 0 unspecified atom stereocenters. The highest BCUT2D eigenvalue weighted by Crippen LogP contribution is 2.28. The van der Waals surface area contributed by atoms with Crippen molar-refractivity contribution in [2.75, 3.05) is 47.9 Å². The van der Waals surface area contributed by atoms with Gasteiger partial charge in [-0.15, -0.1) is 0 Å². The Morgan fingerprint density at radius 1 is 1.17 bits per heavy atom. The third-order valence-corrected chi connectivity index (χ3v) is 3.33. The van der Waals surface area contributed by atoms with Crippen molar-refractivity contribution in [1.29, 1.82) is 0 Å². The second kappa shape index (κ2) is 9.77. The van der Waals surface area contributed by atoms with E-state index >= 15 is 0 Å². The average Bonchev–Trinajstić information content (AvgIpc) is 2.53. The quantitative estimate of drug-likeness (QED) is 0.719. The molecule has 0 aliphatic carbocycles. The lowest BCUT2D eigenvalue weighted by Gasteiger charge is -2.18. The summed E-state index contributed by atoms with van der Waals surface area (Å²) in [5.74, 6) is 1.04. The zero-order chi connectivity index (χ0) is 18.1. The molecule has 0 atom stereocenters. The van der Waals surface area contributed by atoms with Gasteiger partial charge < -0.3 is 19.7 Å². The number of hydrogen-bond donors (Lipinski definition) is 1. The summed E-state index contributed by atoms with van der Waals surface area (Å²) >= 11 is 0. The fraction of sp³-hybridized carbons (Fsp3) is 0.529. The molecule has 1 rings (SSSR count). The first-order valence-electron chi connectivity index (χ1n) is 7.82. The van der Waals surface area contributed by atoms with E-state index in [1.807, 2.05) is 37.1 Å². The molecule has 134 valence electrons. The van der Waals surface area contributed by atoms with Gasteiger partial charge in [0.05, 0.1) is 26.8 Å². The second-order valence-electron chi connectivity index (χ2n) is 5.66. The normalized spacial score (nSPS) is 10.4. The van der Waals surface area contributed by atoms with E-state index in [9.17, 15) is 9.59 Å². The molecule has 7 nitrogen and oxygen atoms in total. The van der Waals surface area contributed by atoms with Crippen LogP contribution in [0.1, 0.15) is 12.5 Å². The Hall–Kier alpha value is -2.28. The predicted octanol–water partition coefficient (Wildman–Crippen LogP) is 0.730. The number of methoxy groups -OCH3 is 1. The second-order valence-corrected chi connectivity index (χ2v) is 5.66. The van der Waals surface area contributed by atoms with Gasteiger partial charge >= 0.3 is 0 Å². The molecule has 24 heavy (non-hydrogen) atoms. The van der Waals surface area contributed by atoms with Crippen LogP contribution in [0.4, 0.5) is 0 Å². The fourth-order valence-corrected chi connectivity index (χ4v) is 2.09. The molecule has 0 fully saturated rings. The minimum atomic E-state index is -0.189. The smallest absolute Gasteiger partial charge is 0.241 e. The van der Waals surface area contributed by atoms with Gasteiger partial charge in [-0.1, -0.05) is 6.07 Å². The maximum atomic E-state index is 11.9. The SMILES string of the molecule is CCOc1ccc(CN(C)CC(=O)NCC(=O)N(C)C)cc1OC. The zero-order valence-corrected chi connectivity index (χ0v) is 15.1. The molecule has 1 aromatic carbocycles. The van der Waals surface area contributed by atoms with E-state index in [-0.39, 0.29) is 24.9 Å². The van der Waals surface area contributed by atoms with E-state index in [1.54, 1.807) is 21.2 Å². The van der Waals surface area contributed by atoms with Gasteiger partial charge in [0.25, 0.3) is 0 Å². The lowest BCUT2D eigenvalue weighted by molar-refractivity contribution is -0.131. The monoisotopic (exact) mass is 337 g/mol. The zero-order valence-electron chi connectivity index (χ0n) is 15.1. The predicted molar refractivity (Wildman–Crippen MR) is 92.2 cm³/mol. The number of ether oxygens (including phenoxy) is 2. The van der Waals surface area contributed by atoms with Crippen molar-refractivity contribution in [3.05, 3.63) is 23.8 Å². The molecular weight excluding hydrogens is 310 g/mol. The number of nitrogens with one attached hydrogen (secondary N) is 1. The first kappa shape index (κ1) is 19.8. The van der Waals surface area contributed by atoms with Gasteiger partial charge in [-0.25, -0.2) is 0 Å². The van der Waals surface area contributed by atoms with Crippen LogP contribution in [0.2, 0.25) is 0 Å². The van der Waals surface area contributed by atoms with Crippen LogP contribution in [-0.4, -0.2) is 69.6 Å². The standard InChI is InChI=1S/C17H27N3O4/c1-6-24-14-8-7-13(9-15(14)23-5)11-20(4)12-16(21)18-10-17(22)19(2)3/h7-9H,6,10-12H2,1-5H3,(H,18,21). The maximum absolute atomic E-state index is 11.9. The molecule has 0 saturated carbocycles. The van der Waals surface area contributed by atoms with Crippen LogP contribution < -0.4 is 14.8 Å². The molecule has 0 aliphatic heterocycles. The lowest BCUT2D eigenvalue weighted by atomic mass is 10.2. The number of amides is 2. The average molecular weight is 337 g/mol. The lowest BCUT2D eigenvalue weighted by Crippen LogP contribution is -2.40. The molecule has 1 aromatic rings. The Bertz CT molecular complexity index is 561. The van der Waals surface area contributed by atoms with Crippen LogP contribution in [0.3, 0.4) is 0 Å². The summed E-state index contributed by atoms with van der Waals surface area (Å²) in [6.45, 7) is 3.28. The Kier molecular flexibility index (Phi) is 8.05. The van der Waals surface area contributed by atoms with Crippen molar-refractivity contribution in [1.82, 2.24) is 15.1 Å². The molecule has 0 radical (unpaired) electrons. The van der Waals surface area contributed by atoms with Crippen LogP contribution in [0.25, 0.3) is 0 Å². The summed E-state index contributed by atoms with van der Waals surface area (Å²) in [6, 6.07) is 5.70. The summed E-state index contributed by atoms with van der Waals surface area (Å²) in [7, 11) is 6.75. The summed E-state index contributed by atoms with van der Waals surface area (Å²) in [5.41, 5.74) is 1.01. The first-order chi connectivity index (χ1) is 11.4. The van der Waals surface area contributed by atoms with E-state index in [1.165, 1.54) is 4.90 Å². The minimum Gasteiger partial charge on any atom is -0.493 e. The van der Waals surface area contributed by atoms with Crippen molar-refractivity contribution in [2.24, 2.45) is 0 Å². The molecule has 0 bridgehead atoms. The highest BCUT2D eigenvalue weighted by molar-refractivity contribution is 5.85. The number of nitrogens with zero attached hydrogens (tertiary/aromatic N) is 2. The van der Waals surface area contributed by atoms with Crippen LogP contribution in [0.15, 0.2) is 18.2 Å². The van der Waals surface area contributed by atoms with E-state index in [0.29, 0.717) is 24.7 Å². The molecule has 0 aliphatic rings. The largest absolute Gasteiger partial charge is 0.493 e. The van der Waals surface area contributed by atoms with Crippen LogP contribution in [0.5, 0.6) is 11.5 Å². The molecule has 7 heteroatoms. The molecule has 1 N–H and O–H groups in total. The molecule has 0 heterocycles. The topological polar surface area (TPSA) is 71.1 Å². The van der Waals surface area contributed by atoms with Gasteiger partial charge in [-0.05, 0) is 31.7 Å². The van der Waals surface area contributed by atoms with Crippen molar-refractivity contribution in [3.63, 3.8) is 0 Å². The van der Waals surface area contributed by atoms with E-state index in [0.717, 1.165) is 5.56 Å². The fourth-order valence-electron chi connectivity index (χ4n) is 2.09. The summed E-state index contributed by atoms with van der Waals surface area (Å²) in [4.78, 5) is 26.6. The van der Waals surface area contributed by atoms with Gasteiger partial charge in [-0.2, -0.15) is 0 Å². The third kappa shape index (κ3) is 6.45. The number of benzene rings is 1. The van der Waals surface area contributed by atoms with Gasteiger partial charge in [0.2, 0.25) is 11.8 Å². The Labute approximate surface area is 143 Å². The summed E-state index contributed by atoms with van der Waals surface area (Å²) in [5, 5.41) is 2.61. The number of rotatable bonds is 9. The highest BCUT2D eigenvalue weighted by atomic mass is 16.5. The molecule has 0 spiro atoms. The van der Waals surface area contributed by atoms with E-state index in [4.69, 9.17) is 9.47 Å². The molecule has 0 aromatic heterocycles. The van der Waals surface area contributed by atoms with Gasteiger partial charge in [0.1, 0.15) is 0 Å². The maximum Gasteiger partial charge on any atom is 0.241 e. The van der Waals surface area contributed by atoms with Crippen molar-refractivity contribution in [2.45, 2.75) is 13.5 Å². The van der Waals surface area contributed by atoms with Crippen LogP contribution in [0, 0.1) is 0 Å². The number of carbonyl (C=O) groups excluding carboxylic acids is 2. The van der Waals surface area contributed by atoms with Crippen molar-refractivity contribution in [3.8, 4) is 11.5 Å². The molecular formula is C17H27N3O4. The first-order valence-corrected chi connectivity index (χ1v) is 7.82. The number of likely N-dealkylation sites (N-methyl/N-ethyl adjacent to an activating group) is 2. The van der Waals surface area contributed by atoms with Crippen LogP contribution >= 0.6 is 0 Å². The molecule has 0 saturated heterocycles.